The topological polar surface area (TPSA) is 40.5 Å². The summed E-state index contributed by atoms with van der Waals surface area (Å²) in [5, 5.41) is 8.52. The predicted octanol–water partition coefficient (Wildman–Crippen LogP) is 2.88. The Morgan fingerprint density at radius 1 is 1.53 bits per heavy atom. The van der Waals surface area contributed by atoms with E-state index in [1.54, 1.807) is 6.07 Å². The van der Waals surface area contributed by atoms with E-state index in [2.05, 4.69) is 15.9 Å². The molecular weight excluding hydrogens is 289 g/mol. The summed E-state index contributed by atoms with van der Waals surface area (Å²) in [7, 11) is 1.91. The maximum atomic E-state index is 12.9. The van der Waals surface area contributed by atoms with Crippen LogP contribution in [0.3, 0.4) is 0 Å². The monoisotopic (exact) mass is 303 g/mol. The van der Waals surface area contributed by atoms with Crippen LogP contribution in [0.15, 0.2) is 22.7 Å². The summed E-state index contributed by atoms with van der Waals surface area (Å²) >= 11 is 3.31. The first-order valence-electron chi connectivity index (χ1n) is 5.33. The van der Waals surface area contributed by atoms with Crippen LogP contribution in [0.25, 0.3) is 0 Å². The van der Waals surface area contributed by atoms with Gasteiger partial charge in [0.2, 0.25) is 0 Å². The summed E-state index contributed by atoms with van der Waals surface area (Å²) in [4.78, 5) is 12.4. The smallest absolute Gasteiger partial charge is 0.303 e. The van der Waals surface area contributed by atoms with Gasteiger partial charge in [0.05, 0.1) is 0 Å². The van der Waals surface area contributed by atoms with Crippen molar-refractivity contribution in [1.82, 2.24) is 4.90 Å². The van der Waals surface area contributed by atoms with Crippen molar-refractivity contribution in [1.29, 1.82) is 0 Å². The van der Waals surface area contributed by atoms with Crippen LogP contribution in [0.4, 0.5) is 4.39 Å². The van der Waals surface area contributed by atoms with Crippen LogP contribution in [0, 0.1) is 5.82 Å². The number of aliphatic carboxylic acids is 1. The molecule has 0 fully saturated rings. The zero-order valence-electron chi connectivity index (χ0n) is 9.62. The van der Waals surface area contributed by atoms with Crippen LogP contribution in [0.1, 0.15) is 18.4 Å². The van der Waals surface area contributed by atoms with Gasteiger partial charge in [0.25, 0.3) is 0 Å². The number of hydrogen-bond acceptors (Lipinski definition) is 2. The Morgan fingerprint density at radius 2 is 2.24 bits per heavy atom. The molecule has 0 aliphatic carbocycles. The molecule has 94 valence electrons. The van der Waals surface area contributed by atoms with Crippen molar-refractivity contribution < 1.29 is 14.3 Å². The molecule has 0 radical (unpaired) electrons. The first-order valence-corrected chi connectivity index (χ1v) is 6.12. The Hall–Kier alpha value is -0.940. The van der Waals surface area contributed by atoms with Crippen LogP contribution < -0.4 is 0 Å². The Bertz CT molecular complexity index is 398. The van der Waals surface area contributed by atoms with Gasteiger partial charge in [-0.1, -0.05) is 22.0 Å². The number of rotatable bonds is 6. The van der Waals surface area contributed by atoms with E-state index >= 15 is 0 Å². The molecule has 0 spiro atoms. The van der Waals surface area contributed by atoms with Crippen LogP contribution >= 0.6 is 15.9 Å². The molecule has 0 bridgehead atoms. The number of halogens is 2. The van der Waals surface area contributed by atoms with Gasteiger partial charge in [-0.15, -0.1) is 0 Å². The van der Waals surface area contributed by atoms with Crippen molar-refractivity contribution in [2.45, 2.75) is 19.4 Å². The van der Waals surface area contributed by atoms with Gasteiger partial charge in [-0.05, 0) is 37.7 Å². The van der Waals surface area contributed by atoms with Crippen LogP contribution in [-0.4, -0.2) is 29.6 Å². The number of carbonyl (C=O) groups is 1. The number of carboxylic acid groups (broad SMARTS) is 1. The van der Waals surface area contributed by atoms with Gasteiger partial charge in [0.1, 0.15) is 5.82 Å². The van der Waals surface area contributed by atoms with Crippen molar-refractivity contribution in [3.05, 3.63) is 34.1 Å². The highest BCUT2D eigenvalue weighted by Crippen LogP contribution is 2.19. The highest BCUT2D eigenvalue weighted by Gasteiger charge is 2.06. The standard InChI is InChI=1S/C12H15BrFNO2/c1-15(6-2-3-12(16)17)8-9-4-5-10(14)7-11(9)13/h4-5,7H,2-3,6,8H2,1H3,(H,16,17). The number of carboxylic acids is 1. The lowest BCUT2D eigenvalue weighted by molar-refractivity contribution is -0.137. The van der Waals surface area contributed by atoms with Crippen molar-refractivity contribution in [3.63, 3.8) is 0 Å². The van der Waals surface area contributed by atoms with Crippen molar-refractivity contribution in [2.75, 3.05) is 13.6 Å². The van der Waals surface area contributed by atoms with Crippen molar-refractivity contribution in [3.8, 4) is 0 Å². The molecule has 1 rings (SSSR count). The first kappa shape index (κ1) is 14.1. The molecule has 3 nitrogen and oxygen atoms in total. The molecule has 0 aromatic heterocycles. The molecular formula is C12H15BrFNO2. The minimum Gasteiger partial charge on any atom is -0.481 e. The summed E-state index contributed by atoms with van der Waals surface area (Å²) in [5.74, 6) is -1.05. The zero-order chi connectivity index (χ0) is 12.8. The Balaban J connectivity index is 2.44. The van der Waals surface area contributed by atoms with Crippen LogP contribution in [0.5, 0.6) is 0 Å². The predicted molar refractivity (Wildman–Crippen MR) is 67.3 cm³/mol. The average molecular weight is 304 g/mol. The Labute approximate surface area is 108 Å². The second-order valence-electron chi connectivity index (χ2n) is 3.97. The molecule has 0 amide bonds. The molecule has 0 saturated heterocycles. The van der Waals surface area contributed by atoms with E-state index in [0.717, 1.165) is 10.0 Å². The van der Waals surface area contributed by atoms with Crippen LogP contribution in [0.2, 0.25) is 0 Å². The third-order valence-corrected chi connectivity index (χ3v) is 3.12. The summed E-state index contributed by atoms with van der Waals surface area (Å²) in [6.45, 7) is 1.37. The van der Waals surface area contributed by atoms with Crippen LogP contribution in [-0.2, 0) is 11.3 Å². The van der Waals surface area contributed by atoms with E-state index < -0.39 is 5.97 Å². The molecule has 0 aliphatic rings. The normalized spacial score (nSPS) is 10.8. The molecule has 1 N–H and O–H groups in total. The minimum atomic E-state index is -0.777. The third kappa shape index (κ3) is 5.28. The van der Waals surface area contributed by atoms with E-state index in [0.29, 0.717) is 19.5 Å². The summed E-state index contributed by atoms with van der Waals surface area (Å²) in [6.07, 6.45) is 0.791. The highest BCUT2D eigenvalue weighted by atomic mass is 79.9. The number of benzene rings is 1. The first-order chi connectivity index (χ1) is 7.99. The molecule has 0 saturated carbocycles. The summed E-state index contributed by atoms with van der Waals surface area (Å²) in [6, 6.07) is 4.58. The van der Waals surface area contributed by atoms with E-state index in [1.807, 2.05) is 11.9 Å². The van der Waals surface area contributed by atoms with Gasteiger partial charge in [-0.25, -0.2) is 4.39 Å². The molecule has 1 aromatic rings. The lowest BCUT2D eigenvalue weighted by Gasteiger charge is -2.17. The number of nitrogens with zero attached hydrogens (tertiary/aromatic N) is 1. The average Bonchev–Trinajstić information content (AvgIpc) is 2.21. The fourth-order valence-corrected chi connectivity index (χ4v) is 2.00. The van der Waals surface area contributed by atoms with Gasteiger partial charge in [0.15, 0.2) is 0 Å². The summed E-state index contributed by atoms with van der Waals surface area (Å²) in [5.41, 5.74) is 0.990. The molecule has 1 aromatic carbocycles. The summed E-state index contributed by atoms with van der Waals surface area (Å²) < 4.78 is 13.6. The van der Waals surface area contributed by atoms with Crippen molar-refractivity contribution in [2.24, 2.45) is 0 Å². The van der Waals surface area contributed by atoms with Crippen molar-refractivity contribution >= 4 is 21.9 Å². The molecule has 17 heavy (non-hydrogen) atoms. The maximum absolute atomic E-state index is 12.9. The fraction of sp³-hybridized carbons (Fsp3) is 0.417. The van der Waals surface area contributed by atoms with Gasteiger partial charge < -0.3 is 10.0 Å². The van der Waals surface area contributed by atoms with Gasteiger partial charge in [-0.2, -0.15) is 0 Å². The molecule has 0 atom stereocenters. The van der Waals surface area contributed by atoms with Gasteiger partial charge >= 0.3 is 5.97 Å². The second-order valence-corrected chi connectivity index (χ2v) is 4.83. The minimum absolute atomic E-state index is 0.176. The van der Waals surface area contributed by atoms with Gasteiger partial charge in [0, 0.05) is 17.4 Å². The molecule has 0 aliphatic heterocycles. The Morgan fingerprint density at radius 3 is 2.82 bits per heavy atom. The zero-order valence-corrected chi connectivity index (χ0v) is 11.2. The SMILES string of the molecule is CN(CCCC(=O)O)Cc1ccc(F)cc1Br. The van der Waals surface area contributed by atoms with E-state index in [1.165, 1.54) is 12.1 Å². The third-order valence-electron chi connectivity index (χ3n) is 2.39. The van der Waals surface area contributed by atoms with E-state index in [9.17, 15) is 9.18 Å². The molecule has 5 heteroatoms. The fourth-order valence-electron chi connectivity index (χ4n) is 1.52. The van der Waals surface area contributed by atoms with Gasteiger partial charge in [-0.3, -0.25) is 4.79 Å². The quantitative estimate of drug-likeness (QED) is 0.878. The lowest BCUT2D eigenvalue weighted by Crippen LogP contribution is -2.20. The highest BCUT2D eigenvalue weighted by molar-refractivity contribution is 9.10. The molecule has 0 heterocycles. The lowest BCUT2D eigenvalue weighted by atomic mass is 10.2. The van der Waals surface area contributed by atoms with E-state index in [4.69, 9.17) is 5.11 Å². The van der Waals surface area contributed by atoms with E-state index in [-0.39, 0.29) is 12.2 Å². The largest absolute Gasteiger partial charge is 0.481 e. The second kappa shape index (κ2) is 6.71. The number of hydrogen-bond donors (Lipinski definition) is 1. The maximum Gasteiger partial charge on any atom is 0.303 e. The molecule has 0 unspecified atom stereocenters. The Kier molecular flexibility index (Phi) is 5.58.